The van der Waals surface area contributed by atoms with Gasteiger partial charge in [-0.3, -0.25) is 9.59 Å². The largest absolute Gasteiger partial charge is 0.480 e. The highest BCUT2D eigenvalue weighted by atomic mass is 19.1. The van der Waals surface area contributed by atoms with Gasteiger partial charge in [-0.1, -0.05) is 0 Å². The minimum Gasteiger partial charge on any atom is -0.480 e. The lowest BCUT2D eigenvalue weighted by molar-refractivity contribution is -0.137. The number of benzene rings is 1. The molecule has 7 heteroatoms. The van der Waals surface area contributed by atoms with Gasteiger partial charge in [-0.15, -0.1) is 0 Å². The van der Waals surface area contributed by atoms with Gasteiger partial charge in [-0.05, 0) is 51.0 Å². The zero-order chi connectivity index (χ0) is 17.4. The highest BCUT2D eigenvalue weighted by Gasteiger charge is 2.34. The molecular weight excluding hydrogens is 313 g/mol. The molecule has 1 aliphatic carbocycles. The maximum atomic E-state index is 14.5. The molecule has 6 nitrogen and oxygen atoms in total. The van der Waals surface area contributed by atoms with E-state index in [0.29, 0.717) is 0 Å². The molecule has 0 bridgehead atoms. The van der Waals surface area contributed by atoms with Gasteiger partial charge in [-0.2, -0.15) is 5.10 Å². The Morgan fingerprint density at radius 1 is 1.33 bits per heavy atom. The lowest BCUT2D eigenvalue weighted by atomic mass is 10.1. The third-order valence-corrected chi connectivity index (χ3v) is 3.99. The summed E-state index contributed by atoms with van der Waals surface area (Å²) in [7, 11) is 0. The number of carboxylic acid groups (broad SMARTS) is 1. The van der Waals surface area contributed by atoms with E-state index in [1.165, 1.54) is 21.7 Å². The number of hydrogen-bond acceptors (Lipinski definition) is 3. The van der Waals surface area contributed by atoms with Crippen molar-refractivity contribution in [2.24, 2.45) is 0 Å². The lowest BCUT2D eigenvalue weighted by Gasteiger charge is -2.20. The first-order valence-electron chi connectivity index (χ1n) is 7.73. The van der Waals surface area contributed by atoms with Crippen LogP contribution in [0.3, 0.4) is 0 Å². The number of carboxylic acids is 1. The first-order chi connectivity index (χ1) is 11.4. The summed E-state index contributed by atoms with van der Waals surface area (Å²) in [5, 5.41) is 13.2. The van der Waals surface area contributed by atoms with Crippen molar-refractivity contribution in [3.05, 3.63) is 47.0 Å². The molecule has 1 N–H and O–H groups in total. The predicted octanol–water partition coefficient (Wildman–Crippen LogP) is 2.32. The molecule has 1 aliphatic rings. The minimum atomic E-state index is -1.07. The number of aliphatic carboxylic acids is 1. The molecule has 1 amide bonds. The van der Waals surface area contributed by atoms with Crippen LogP contribution in [0.15, 0.2) is 24.3 Å². The molecule has 3 rings (SSSR count). The Labute approximate surface area is 138 Å². The maximum Gasteiger partial charge on any atom is 0.323 e. The van der Waals surface area contributed by atoms with Crippen molar-refractivity contribution in [2.75, 3.05) is 6.54 Å². The number of aryl methyl sites for hydroxylation is 2. The van der Waals surface area contributed by atoms with Gasteiger partial charge in [0.25, 0.3) is 5.91 Å². The quantitative estimate of drug-likeness (QED) is 0.912. The Morgan fingerprint density at radius 2 is 2.04 bits per heavy atom. The van der Waals surface area contributed by atoms with Crippen LogP contribution in [0.2, 0.25) is 0 Å². The van der Waals surface area contributed by atoms with Gasteiger partial charge in [0, 0.05) is 17.3 Å². The maximum absolute atomic E-state index is 14.5. The van der Waals surface area contributed by atoms with Crippen LogP contribution in [0.4, 0.5) is 4.39 Å². The monoisotopic (exact) mass is 331 g/mol. The molecule has 2 aromatic rings. The summed E-state index contributed by atoms with van der Waals surface area (Å²) in [5.74, 6) is -2.10. The highest BCUT2D eigenvalue weighted by molar-refractivity contribution is 5.96. The van der Waals surface area contributed by atoms with Gasteiger partial charge in [0.1, 0.15) is 18.0 Å². The molecule has 24 heavy (non-hydrogen) atoms. The Kier molecular flexibility index (Phi) is 4.09. The Balaban J connectivity index is 1.90. The molecule has 0 radical (unpaired) electrons. The van der Waals surface area contributed by atoms with Gasteiger partial charge >= 0.3 is 5.97 Å². The van der Waals surface area contributed by atoms with Gasteiger partial charge < -0.3 is 10.0 Å². The van der Waals surface area contributed by atoms with Crippen LogP contribution in [-0.2, 0) is 4.79 Å². The van der Waals surface area contributed by atoms with Crippen molar-refractivity contribution < 1.29 is 19.1 Å². The fraction of sp³-hybridized carbons (Fsp3) is 0.353. The molecule has 1 aromatic heterocycles. The van der Waals surface area contributed by atoms with E-state index >= 15 is 0 Å². The molecule has 0 spiro atoms. The molecular formula is C17H18FN3O3. The van der Waals surface area contributed by atoms with E-state index in [0.717, 1.165) is 30.3 Å². The summed E-state index contributed by atoms with van der Waals surface area (Å²) >= 11 is 0. The number of amides is 1. The van der Waals surface area contributed by atoms with Crippen LogP contribution < -0.4 is 0 Å². The average molecular weight is 331 g/mol. The van der Waals surface area contributed by atoms with Crippen molar-refractivity contribution in [2.45, 2.75) is 32.7 Å². The zero-order valence-electron chi connectivity index (χ0n) is 13.5. The summed E-state index contributed by atoms with van der Waals surface area (Å²) in [6.07, 6.45) is 1.57. The van der Waals surface area contributed by atoms with Crippen molar-refractivity contribution in [1.29, 1.82) is 0 Å². The summed E-state index contributed by atoms with van der Waals surface area (Å²) in [4.78, 5) is 24.7. The number of rotatable bonds is 5. The van der Waals surface area contributed by atoms with Crippen molar-refractivity contribution in [3.63, 3.8) is 0 Å². The highest BCUT2D eigenvalue weighted by Crippen LogP contribution is 2.28. The van der Waals surface area contributed by atoms with E-state index in [4.69, 9.17) is 5.11 Å². The number of carbonyl (C=O) groups excluding carboxylic acids is 1. The number of halogens is 1. The zero-order valence-corrected chi connectivity index (χ0v) is 13.5. The fourth-order valence-corrected chi connectivity index (χ4v) is 2.75. The van der Waals surface area contributed by atoms with Crippen molar-refractivity contribution >= 4 is 11.9 Å². The number of hydrogen-bond donors (Lipinski definition) is 1. The van der Waals surface area contributed by atoms with Crippen LogP contribution in [-0.4, -0.2) is 44.3 Å². The van der Waals surface area contributed by atoms with Gasteiger partial charge in [0.2, 0.25) is 0 Å². The first-order valence-corrected chi connectivity index (χ1v) is 7.73. The number of aromatic nitrogens is 2. The number of nitrogens with zero attached hydrogens (tertiary/aromatic N) is 3. The molecule has 0 atom stereocenters. The third kappa shape index (κ3) is 3.15. The second kappa shape index (κ2) is 6.07. The third-order valence-electron chi connectivity index (χ3n) is 3.99. The van der Waals surface area contributed by atoms with Crippen LogP contribution >= 0.6 is 0 Å². The van der Waals surface area contributed by atoms with E-state index in [1.54, 1.807) is 0 Å². The molecule has 0 saturated heterocycles. The molecule has 0 aliphatic heterocycles. The van der Waals surface area contributed by atoms with Gasteiger partial charge in [0.05, 0.1) is 5.69 Å². The Bertz CT molecular complexity index is 811. The van der Waals surface area contributed by atoms with Crippen molar-refractivity contribution in [3.8, 4) is 5.69 Å². The number of carbonyl (C=O) groups is 2. The van der Waals surface area contributed by atoms with Gasteiger partial charge in [0.15, 0.2) is 0 Å². The SMILES string of the molecule is Cc1cc(C)n(-c2ccc(C(=O)N(CC(=O)O)C3CC3)cc2F)n1. The average Bonchev–Trinajstić information content (AvgIpc) is 3.29. The smallest absolute Gasteiger partial charge is 0.323 e. The first kappa shape index (κ1) is 16.2. The second-order valence-corrected chi connectivity index (χ2v) is 6.06. The summed E-state index contributed by atoms with van der Waals surface area (Å²) < 4.78 is 16.0. The lowest BCUT2D eigenvalue weighted by Crippen LogP contribution is -2.37. The van der Waals surface area contributed by atoms with Crippen LogP contribution in [0, 0.1) is 19.7 Å². The van der Waals surface area contributed by atoms with Crippen LogP contribution in [0.1, 0.15) is 34.6 Å². The van der Waals surface area contributed by atoms with Crippen LogP contribution in [0.5, 0.6) is 0 Å². The topological polar surface area (TPSA) is 75.4 Å². The van der Waals surface area contributed by atoms with E-state index < -0.39 is 17.7 Å². The molecule has 126 valence electrons. The molecule has 1 fully saturated rings. The normalized spacial score (nSPS) is 13.8. The Hall–Kier alpha value is -2.70. The standard InChI is InChI=1S/C17H18FN3O3/c1-10-7-11(2)21(19-10)15-6-3-12(8-14(15)18)17(24)20(9-16(22)23)13-4-5-13/h3,6-8,13H,4-5,9H2,1-2H3,(H,22,23). The molecule has 1 saturated carbocycles. The van der Waals surface area contributed by atoms with E-state index in [9.17, 15) is 14.0 Å². The molecule has 1 heterocycles. The molecule has 1 aromatic carbocycles. The molecule has 0 unspecified atom stereocenters. The van der Waals surface area contributed by atoms with Crippen LogP contribution in [0.25, 0.3) is 5.69 Å². The summed E-state index contributed by atoms with van der Waals surface area (Å²) in [6, 6.07) is 5.92. The van der Waals surface area contributed by atoms with Gasteiger partial charge in [-0.25, -0.2) is 9.07 Å². The Morgan fingerprint density at radius 3 is 2.54 bits per heavy atom. The predicted molar refractivity (Wildman–Crippen MR) is 84.7 cm³/mol. The summed E-state index contributed by atoms with van der Waals surface area (Å²) in [6.45, 7) is 3.27. The van der Waals surface area contributed by atoms with Crippen molar-refractivity contribution in [1.82, 2.24) is 14.7 Å². The minimum absolute atomic E-state index is 0.0626. The van der Waals surface area contributed by atoms with E-state index in [2.05, 4.69) is 5.10 Å². The fourth-order valence-electron chi connectivity index (χ4n) is 2.75. The second-order valence-electron chi connectivity index (χ2n) is 6.06. The summed E-state index contributed by atoms with van der Waals surface area (Å²) in [5.41, 5.74) is 1.96. The van der Waals surface area contributed by atoms with E-state index in [1.807, 2.05) is 19.9 Å². The van der Waals surface area contributed by atoms with E-state index in [-0.39, 0.29) is 23.8 Å².